The lowest BCUT2D eigenvalue weighted by Gasteiger charge is -2.39. The molecule has 3 aromatic carbocycles. The summed E-state index contributed by atoms with van der Waals surface area (Å²) in [5.41, 5.74) is 2.75. The number of pyridine rings is 1. The highest BCUT2D eigenvalue weighted by Crippen LogP contribution is 2.48. The van der Waals surface area contributed by atoms with E-state index in [0.717, 1.165) is 52.5 Å². The summed E-state index contributed by atoms with van der Waals surface area (Å²) in [6.07, 6.45) is 3.30. The van der Waals surface area contributed by atoms with Gasteiger partial charge in [0, 0.05) is 30.8 Å². The van der Waals surface area contributed by atoms with Gasteiger partial charge >= 0.3 is 0 Å². The van der Waals surface area contributed by atoms with Crippen molar-refractivity contribution in [2.75, 3.05) is 48.4 Å². The van der Waals surface area contributed by atoms with E-state index >= 15 is 0 Å². The quantitative estimate of drug-likeness (QED) is 0.304. The third kappa shape index (κ3) is 6.02. The van der Waals surface area contributed by atoms with Crippen molar-refractivity contribution in [3.05, 3.63) is 107 Å². The zero-order valence-corrected chi connectivity index (χ0v) is 22.7. The number of fused-ring (bicyclic) bond motifs is 1. The van der Waals surface area contributed by atoms with Crippen LogP contribution in [0.15, 0.2) is 85.1 Å². The second-order valence-electron chi connectivity index (χ2n) is 10.3. The van der Waals surface area contributed by atoms with E-state index in [1.54, 1.807) is 7.11 Å². The number of ether oxygens (including phenoxy) is 1. The van der Waals surface area contributed by atoms with E-state index in [9.17, 15) is 5.11 Å². The number of hydrogen-bond acceptors (Lipinski definition) is 5. The van der Waals surface area contributed by atoms with Gasteiger partial charge in [-0.25, -0.2) is 4.98 Å². The number of methoxy groups -OCH3 is 1. The molecule has 1 heterocycles. The standard InChI is InChI=1S/C32H39N3O2/c1-34(2)20-18-24-22-28(31(37-5)33-23-24)30(26-13-7-6-8-14-26)32(36,19-21-35(3)4)29-17-11-15-25-12-9-10-16-27(25)29/h6-17,22-23,30,36H,18-21H2,1-5H3. The first-order chi connectivity index (χ1) is 17.8. The highest BCUT2D eigenvalue weighted by atomic mass is 16.5. The van der Waals surface area contributed by atoms with E-state index in [0.29, 0.717) is 12.3 Å². The van der Waals surface area contributed by atoms with Crippen LogP contribution in [-0.2, 0) is 12.0 Å². The van der Waals surface area contributed by atoms with Gasteiger partial charge in [-0.1, -0.05) is 72.8 Å². The Morgan fingerprint density at radius 2 is 1.54 bits per heavy atom. The Balaban J connectivity index is 1.99. The molecule has 4 aromatic rings. The first-order valence-electron chi connectivity index (χ1n) is 12.9. The molecule has 2 unspecified atom stereocenters. The minimum atomic E-state index is -1.22. The molecule has 0 fully saturated rings. The predicted molar refractivity (Wildman–Crippen MR) is 152 cm³/mol. The van der Waals surface area contributed by atoms with Gasteiger partial charge in [-0.2, -0.15) is 0 Å². The Labute approximate surface area is 221 Å². The molecule has 0 saturated heterocycles. The maximum Gasteiger partial charge on any atom is 0.216 e. The summed E-state index contributed by atoms with van der Waals surface area (Å²) in [4.78, 5) is 9.02. The van der Waals surface area contributed by atoms with Gasteiger partial charge in [0.05, 0.1) is 7.11 Å². The molecular formula is C32H39N3O2. The fraction of sp³-hybridized carbons (Fsp3) is 0.344. The van der Waals surface area contributed by atoms with Crippen molar-refractivity contribution in [2.24, 2.45) is 0 Å². The van der Waals surface area contributed by atoms with E-state index in [2.05, 4.69) is 66.4 Å². The van der Waals surface area contributed by atoms with Crippen LogP contribution in [0.4, 0.5) is 0 Å². The second kappa shape index (κ2) is 11.9. The Kier molecular flexibility index (Phi) is 8.59. The lowest BCUT2D eigenvalue weighted by molar-refractivity contribution is 0.00513. The number of hydrogen-bond donors (Lipinski definition) is 1. The Morgan fingerprint density at radius 1 is 0.865 bits per heavy atom. The number of aliphatic hydroxyl groups is 1. The number of aromatic nitrogens is 1. The lowest BCUT2D eigenvalue weighted by atomic mass is 9.70. The molecule has 0 aliphatic rings. The molecule has 0 aliphatic carbocycles. The largest absolute Gasteiger partial charge is 0.481 e. The summed E-state index contributed by atoms with van der Waals surface area (Å²) in [6.45, 7) is 1.64. The summed E-state index contributed by atoms with van der Waals surface area (Å²) in [7, 11) is 9.90. The van der Waals surface area contributed by atoms with Gasteiger partial charge in [-0.05, 0) is 74.6 Å². The number of benzene rings is 3. The van der Waals surface area contributed by atoms with Crippen LogP contribution in [0, 0.1) is 0 Å². The van der Waals surface area contributed by atoms with Gasteiger partial charge in [0.2, 0.25) is 5.88 Å². The van der Waals surface area contributed by atoms with Crippen LogP contribution in [0.2, 0.25) is 0 Å². The molecule has 0 spiro atoms. The summed E-state index contributed by atoms with van der Waals surface area (Å²) in [6, 6.07) is 27.0. The fourth-order valence-electron chi connectivity index (χ4n) is 5.17. The number of nitrogens with zero attached hydrogens (tertiary/aromatic N) is 3. The maximum absolute atomic E-state index is 13.0. The van der Waals surface area contributed by atoms with Crippen molar-refractivity contribution in [2.45, 2.75) is 24.4 Å². The summed E-state index contributed by atoms with van der Waals surface area (Å²) >= 11 is 0. The van der Waals surface area contributed by atoms with Gasteiger partial charge in [-0.15, -0.1) is 0 Å². The van der Waals surface area contributed by atoms with E-state index in [1.807, 2.05) is 56.7 Å². The van der Waals surface area contributed by atoms with Crippen LogP contribution < -0.4 is 4.74 Å². The third-order valence-corrected chi connectivity index (χ3v) is 7.09. The first kappa shape index (κ1) is 26.8. The summed E-state index contributed by atoms with van der Waals surface area (Å²) < 4.78 is 5.83. The van der Waals surface area contributed by atoms with Gasteiger partial charge in [0.15, 0.2) is 0 Å². The lowest BCUT2D eigenvalue weighted by Crippen LogP contribution is -2.38. The van der Waals surface area contributed by atoms with Gasteiger partial charge in [0.1, 0.15) is 5.60 Å². The molecule has 0 radical (unpaired) electrons. The molecule has 0 bridgehead atoms. The molecule has 1 aromatic heterocycles. The van der Waals surface area contributed by atoms with Gasteiger partial charge in [-0.3, -0.25) is 0 Å². The van der Waals surface area contributed by atoms with Gasteiger partial charge in [0.25, 0.3) is 0 Å². The van der Waals surface area contributed by atoms with E-state index in [4.69, 9.17) is 9.72 Å². The average Bonchev–Trinajstić information content (AvgIpc) is 2.91. The molecule has 2 atom stereocenters. The normalized spacial score (nSPS) is 14.2. The molecule has 5 heteroatoms. The Hall–Kier alpha value is -3.25. The minimum absolute atomic E-state index is 0.388. The molecule has 194 valence electrons. The Bertz CT molecular complexity index is 1300. The summed E-state index contributed by atoms with van der Waals surface area (Å²) in [5, 5.41) is 15.2. The fourth-order valence-corrected chi connectivity index (χ4v) is 5.17. The zero-order valence-electron chi connectivity index (χ0n) is 22.7. The third-order valence-electron chi connectivity index (χ3n) is 7.09. The number of likely N-dealkylation sites (N-methyl/N-ethyl adjacent to an activating group) is 1. The SMILES string of the molecule is COc1ncc(CCN(C)C)cc1C(c1ccccc1)C(O)(CCN(C)C)c1cccc2ccccc12. The molecule has 1 N–H and O–H groups in total. The zero-order chi connectivity index (χ0) is 26.4. The van der Waals surface area contributed by atoms with Crippen molar-refractivity contribution in [1.82, 2.24) is 14.8 Å². The van der Waals surface area contributed by atoms with Crippen LogP contribution in [-0.4, -0.2) is 68.3 Å². The molecule has 0 saturated carbocycles. The topological polar surface area (TPSA) is 48.8 Å². The van der Waals surface area contributed by atoms with Crippen LogP contribution >= 0.6 is 0 Å². The second-order valence-corrected chi connectivity index (χ2v) is 10.3. The highest BCUT2D eigenvalue weighted by molar-refractivity contribution is 5.86. The van der Waals surface area contributed by atoms with Crippen molar-refractivity contribution in [1.29, 1.82) is 0 Å². The molecule has 0 aliphatic heterocycles. The van der Waals surface area contributed by atoms with Crippen LogP contribution in [0.1, 0.15) is 34.6 Å². The summed E-state index contributed by atoms with van der Waals surface area (Å²) in [5.74, 6) is 0.159. The average molecular weight is 498 g/mol. The van der Waals surface area contributed by atoms with Crippen molar-refractivity contribution >= 4 is 10.8 Å². The molecular weight excluding hydrogens is 458 g/mol. The van der Waals surface area contributed by atoms with E-state index in [1.165, 1.54) is 0 Å². The van der Waals surface area contributed by atoms with Crippen LogP contribution in [0.3, 0.4) is 0 Å². The van der Waals surface area contributed by atoms with Crippen molar-refractivity contribution in [3.8, 4) is 5.88 Å². The monoisotopic (exact) mass is 497 g/mol. The van der Waals surface area contributed by atoms with E-state index in [-0.39, 0.29) is 5.92 Å². The predicted octanol–water partition coefficient (Wildman–Crippen LogP) is 5.32. The molecule has 37 heavy (non-hydrogen) atoms. The molecule has 0 amide bonds. The van der Waals surface area contributed by atoms with E-state index < -0.39 is 5.60 Å². The molecule has 4 rings (SSSR count). The first-order valence-corrected chi connectivity index (χ1v) is 12.9. The highest BCUT2D eigenvalue weighted by Gasteiger charge is 2.43. The van der Waals surface area contributed by atoms with Crippen LogP contribution in [0.5, 0.6) is 5.88 Å². The Morgan fingerprint density at radius 3 is 2.24 bits per heavy atom. The smallest absolute Gasteiger partial charge is 0.216 e. The minimum Gasteiger partial charge on any atom is -0.481 e. The van der Waals surface area contributed by atoms with Gasteiger partial charge < -0.3 is 19.6 Å². The number of rotatable bonds is 11. The molecule has 5 nitrogen and oxygen atoms in total. The maximum atomic E-state index is 13.0. The van der Waals surface area contributed by atoms with Crippen molar-refractivity contribution in [3.63, 3.8) is 0 Å². The van der Waals surface area contributed by atoms with Crippen molar-refractivity contribution < 1.29 is 9.84 Å². The van der Waals surface area contributed by atoms with Crippen LogP contribution in [0.25, 0.3) is 10.8 Å².